The minimum Gasteiger partial charge on any atom is -0.456 e. The van der Waals surface area contributed by atoms with E-state index in [0.29, 0.717) is 32.9 Å². The molecule has 0 aliphatic carbocycles. The van der Waals surface area contributed by atoms with Gasteiger partial charge in [-0.05, 0) is 84.5 Å². The van der Waals surface area contributed by atoms with Crippen LogP contribution in [0.2, 0.25) is 0 Å². The van der Waals surface area contributed by atoms with Gasteiger partial charge in [-0.3, -0.25) is 0 Å². The first-order valence-corrected chi connectivity index (χ1v) is 9.46. The van der Waals surface area contributed by atoms with E-state index in [1.165, 1.54) is 0 Å². The molecule has 0 amide bonds. The van der Waals surface area contributed by atoms with Crippen LogP contribution in [-0.2, 0) is 9.47 Å². The van der Waals surface area contributed by atoms with Gasteiger partial charge in [0.25, 0.3) is 0 Å². The molecule has 1 rings (SSSR count). The summed E-state index contributed by atoms with van der Waals surface area (Å²) in [5.41, 5.74) is -0.387. The maximum absolute atomic E-state index is 12.4. The van der Waals surface area contributed by atoms with Crippen molar-refractivity contribution in [3.63, 3.8) is 0 Å². The fourth-order valence-corrected chi connectivity index (χ4v) is 2.63. The number of hydrogen-bond donors (Lipinski definition) is 0. The summed E-state index contributed by atoms with van der Waals surface area (Å²) in [6.45, 7) is 11.3. The quantitative estimate of drug-likeness (QED) is 0.492. The number of benzene rings is 1. The maximum Gasteiger partial charge on any atom is 0.339 e. The first-order chi connectivity index (χ1) is 10.9. The van der Waals surface area contributed by atoms with E-state index in [1.807, 2.05) is 41.5 Å². The average Bonchev–Trinajstić information content (AvgIpc) is 2.48. The van der Waals surface area contributed by atoms with Gasteiger partial charge >= 0.3 is 11.9 Å². The minimum absolute atomic E-state index is 0.356. The molecule has 0 bridgehead atoms. The van der Waals surface area contributed by atoms with Crippen molar-refractivity contribution in [1.82, 2.24) is 0 Å². The van der Waals surface area contributed by atoms with Crippen molar-refractivity contribution >= 4 is 43.8 Å². The van der Waals surface area contributed by atoms with Gasteiger partial charge in [-0.2, -0.15) is 0 Å². The van der Waals surface area contributed by atoms with Crippen molar-refractivity contribution in [2.45, 2.75) is 65.6 Å². The largest absolute Gasteiger partial charge is 0.456 e. The van der Waals surface area contributed by atoms with E-state index in [9.17, 15) is 9.59 Å². The molecule has 0 atom stereocenters. The Labute approximate surface area is 160 Å². The molecule has 0 aromatic heterocycles. The first-order valence-electron chi connectivity index (χ1n) is 7.88. The Morgan fingerprint density at radius 1 is 0.833 bits per heavy atom. The topological polar surface area (TPSA) is 52.6 Å². The van der Waals surface area contributed by atoms with Gasteiger partial charge in [0.2, 0.25) is 0 Å². The van der Waals surface area contributed by atoms with Gasteiger partial charge in [0.05, 0.1) is 11.1 Å². The van der Waals surface area contributed by atoms with Crippen molar-refractivity contribution < 1.29 is 19.1 Å². The average molecular weight is 464 g/mol. The molecule has 6 heteroatoms. The summed E-state index contributed by atoms with van der Waals surface area (Å²) in [4.78, 5) is 24.7. The Morgan fingerprint density at radius 3 is 1.38 bits per heavy atom. The van der Waals surface area contributed by atoms with E-state index in [4.69, 9.17) is 9.47 Å². The molecule has 0 spiro atoms. The third-order valence-electron chi connectivity index (χ3n) is 3.94. The molecule has 0 fully saturated rings. The highest BCUT2D eigenvalue weighted by atomic mass is 79.9. The highest BCUT2D eigenvalue weighted by Gasteiger charge is 2.27. The Hall–Kier alpha value is -0.880. The van der Waals surface area contributed by atoms with Crippen LogP contribution >= 0.6 is 31.9 Å². The molecule has 0 N–H and O–H groups in total. The summed E-state index contributed by atoms with van der Waals surface area (Å²) in [5, 5.41) is 0. The molecule has 24 heavy (non-hydrogen) atoms. The smallest absolute Gasteiger partial charge is 0.339 e. The summed E-state index contributed by atoms with van der Waals surface area (Å²) >= 11 is 6.69. The van der Waals surface area contributed by atoms with Crippen LogP contribution in [0.3, 0.4) is 0 Å². The normalized spacial score (nSPS) is 12.0. The molecule has 1 aromatic carbocycles. The maximum atomic E-state index is 12.4. The number of carbonyl (C=O) groups is 2. The van der Waals surface area contributed by atoms with Crippen LogP contribution in [0.5, 0.6) is 0 Å². The zero-order chi connectivity index (χ0) is 18.7. The molecular formula is C18H24Br2O4. The van der Waals surface area contributed by atoms with Crippen molar-refractivity contribution in [2.75, 3.05) is 0 Å². The molecule has 0 radical (unpaired) electrons. The molecule has 134 valence electrons. The number of halogens is 2. The van der Waals surface area contributed by atoms with E-state index in [1.54, 1.807) is 12.1 Å². The Balaban J connectivity index is 3.10. The third kappa shape index (κ3) is 5.59. The second kappa shape index (κ2) is 8.00. The van der Waals surface area contributed by atoms with Crippen LogP contribution in [0.25, 0.3) is 0 Å². The number of carbonyl (C=O) groups excluding carboxylic acids is 2. The Morgan fingerprint density at radius 2 is 1.12 bits per heavy atom. The van der Waals surface area contributed by atoms with Gasteiger partial charge in [0.15, 0.2) is 0 Å². The van der Waals surface area contributed by atoms with Gasteiger partial charge in [0, 0.05) is 8.95 Å². The lowest BCUT2D eigenvalue weighted by Crippen LogP contribution is -2.28. The van der Waals surface area contributed by atoms with Gasteiger partial charge < -0.3 is 9.47 Å². The molecule has 0 aliphatic heterocycles. The second-order valence-electron chi connectivity index (χ2n) is 6.82. The summed E-state index contributed by atoms with van der Waals surface area (Å²) in [6.07, 6.45) is 1.40. The SMILES string of the molecule is CCC(C)(C)OC(=O)c1cc(Br)c(C(=O)OC(C)(C)CC)cc1Br. The van der Waals surface area contributed by atoms with Gasteiger partial charge in [-0.1, -0.05) is 13.8 Å². The summed E-state index contributed by atoms with van der Waals surface area (Å²) in [5.74, 6) is -0.883. The molecule has 1 aromatic rings. The van der Waals surface area contributed by atoms with Crippen LogP contribution in [-0.4, -0.2) is 23.1 Å². The Bertz CT molecular complexity index is 580. The van der Waals surface area contributed by atoms with Crippen LogP contribution in [0.15, 0.2) is 21.1 Å². The van der Waals surface area contributed by atoms with Crippen LogP contribution in [0.1, 0.15) is 75.1 Å². The Kier molecular flexibility index (Phi) is 7.05. The molecule has 0 aliphatic rings. The molecule has 0 saturated carbocycles. The predicted molar refractivity (Wildman–Crippen MR) is 101 cm³/mol. The van der Waals surface area contributed by atoms with Crippen molar-refractivity contribution in [3.8, 4) is 0 Å². The summed E-state index contributed by atoms with van der Waals surface area (Å²) in [6, 6.07) is 3.15. The molecule has 4 nitrogen and oxygen atoms in total. The zero-order valence-electron chi connectivity index (χ0n) is 15.0. The number of hydrogen-bond acceptors (Lipinski definition) is 4. The standard InChI is InChI=1S/C18H24Br2O4/c1-7-17(3,4)23-15(21)11-9-14(20)12(10-13(11)19)16(22)24-18(5,6)8-2/h9-10H,7-8H2,1-6H3. The fourth-order valence-electron chi connectivity index (χ4n) is 1.62. The molecule has 0 saturated heterocycles. The highest BCUT2D eigenvalue weighted by molar-refractivity contribution is 9.11. The number of esters is 2. The molecule has 0 heterocycles. The number of rotatable bonds is 6. The zero-order valence-corrected chi connectivity index (χ0v) is 18.1. The number of ether oxygens (including phenoxy) is 2. The highest BCUT2D eigenvalue weighted by Crippen LogP contribution is 2.30. The van der Waals surface area contributed by atoms with Crippen LogP contribution in [0.4, 0.5) is 0 Å². The molecule has 0 unspecified atom stereocenters. The van der Waals surface area contributed by atoms with Gasteiger partial charge in [-0.25, -0.2) is 9.59 Å². The van der Waals surface area contributed by atoms with Crippen LogP contribution < -0.4 is 0 Å². The first kappa shape index (κ1) is 21.2. The summed E-state index contributed by atoms with van der Waals surface area (Å²) in [7, 11) is 0. The van der Waals surface area contributed by atoms with E-state index < -0.39 is 23.1 Å². The monoisotopic (exact) mass is 462 g/mol. The van der Waals surface area contributed by atoms with E-state index in [-0.39, 0.29) is 0 Å². The van der Waals surface area contributed by atoms with Crippen LogP contribution in [0, 0.1) is 0 Å². The minimum atomic E-state index is -0.550. The predicted octanol–water partition coefficient (Wildman–Crippen LogP) is 5.90. The van der Waals surface area contributed by atoms with E-state index in [0.717, 1.165) is 0 Å². The van der Waals surface area contributed by atoms with Crippen molar-refractivity contribution in [3.05, 3.63) is 32.2 Å². The summed E-state index contributed by atoms with van der Waals surface area (Å²) < 4.78 is 12.0. The van der Waals surface area contributed by atoms with Gasteiger partial charge in [-0.15, -0.1) is 0 Å². The fraction of sp³-hybridized carbons (Fsp3) is 0.556. The third-order valence-corrected chi connectivity index (χ3v) is 5.25. The molecular weight excluding hydrogens is 440 g/mol. The lowest BCUT2D eigenvalue weighted by molar-refractivity contribution is -0.00422. The van der Waals surface area contributed by atoms with Gasteiger partial charge in [0.1, 0.15) is 11.2 Å². The van der Waals surface area contributed by atoms with Crippen molar-refractivity contribution in [2.24, 2.45) is 0 Å². The second-order valence-corrected chi connectivity index (χ2v) is 8.53. The lowest BCUT2D eigenvalue weighted by Gasteiger charge is -2.25. The van der Waals surface area contributed by atoms with E-state index >= 15 is 0 Å². The van der Waals surface area contributed by atoms with E-state index in [2.05, 4.69) is 31.9 Å². The lowest BCUT2D eigenvalue weighted by atomic mass is 10.1. The van der Waals surface area contributed by atoms with Crippen molar-refractivity contribution in [1.29, 1.82) is 0 Å².